The highest BCUT2D eigenvalue weighted by atomic mass is 79.9. The minimum Gasteiger partial charge on any atom is -0.493 e. The first-order chi connectivity index (χ1) is 14.5. The first-order valence-electron chi connectivity index (χ1n) is 8.97. The molecule has 11 heteroatoms. The number of halogens is 3. The fraction of sp³-hybridized carbons (Fsp3) is 0.316. The number of methoxy groups -OCH3 is 1. The highest BCUT2D eigenvalue weighted by Gasteiger charge is 2.13. The molecule has 0 fully saturated rings. The lowest BCUT2D eigenvalue weighted by Gasteiger charge is -2.15. The van der Waals surface area contributed by atoms with Crippen molar-refractivity contribution < 1.29 is 13.9 Å². The van der Waals surface area contributed by atoms with Crippen molar-refractivity contribution in [3.8, 4) is 11.5 Å². The molecular weight excluding hydrogens is 497 g/mol. The van der Waals surface area contributed by atoms with E-state index in [1.807, 2.05) is 19.2 Å². The van der Waals surface area contributed by atoms with Gasteiger partial charge in [-0.15, -0.1) is 5.10 Å². The highest BCUT2D eigenvalue weighted by Crippen LogP contribution is 2.34. The van der Waals surface area contributed by atoms with Crippen molar-refractivity contribution in [2.45, 2.75) is 18.3 Å². The summed E-state index contributed by atoms with van der Waals surface area (Å²) in [5, 5.41) is 15.8. The number of benzene rings is 2. The number of nitrogens with zero attached hydrogens (tertiary/aromatic N) is 4. The van der Waals surface area contributed by atoms with E-state index in [2.05, 4.69) is 36.8 Å². The van der Waals surface area contributed by atoms with Crippen molar-refractivity contribution in [2.75, 3.05) is 19.4 Å². The number of aromatic nitrogens is 4. The van der Waals surface area contributed by atoms with Gasteiger partial charge in [0.25, 0.3) is 0 Å². The van der Waals surface area contributed by atoms with Crippen LogP contribution in [0.1, 0.15) is 11.1 Å². The van der Waals surface area contributed by atoms with Crippen molar-refractivity contribution in [2.24, 2.45) is 7.05 Å². The van der Waals surface area contributed by atoms with Gasteiger partial charge < -0.3 is 14.8 Å². The number of hydrogen-bond donors (Lipinski definition) is 1. The molecule has 2 aromatic carbocycles. The molecule has 0 unspecified atom stereocenters. The van der Waals surface area contributed by atoms with Gasteiger partial charge in [-0.1, -0.05) is 45.4 Å². The van der Waals surface area contributed by atoms with Crippen LogP contribution in [-0.2, 0) is 20.2 Å². The van der Waals surface area contributed by atoms with Crippen LogP contribution < -0.4 is 14.8 Å². The van der Waals surface area contributed by atoms with Crippen LogP contribution >= 0.6 is 39.3 Å². The lowest BCUT2D eigenvalue weighted by molar-refractivity contribution is 0.279. The van der Waals surface area contributed by atoms with Crippen molar-refractivity contribution >= 4 is 39.3 Å². The Kier molecular flexibility index (Phi) is 8.32. The molecule has 1 N–H and O–H groups in total. The minimum atomic E-state index is -0.406. The van der Waals surface area contributed by atoms with Crippen LogP contribution in [0.3, 0.4) is 0 Å². The quantitative estimate of drug-likeness (QED) is 0.319. The first kappa shape index (κ1) is 22.8. The van der Waals surface area contributed by atoms with E-state index in [9.17, 15) is 4.39 Å². The molecule has 0 aliphatic heterocycles. The average molecular weight is 517 g/mol. The van der Waals surface area contributed by atoms with Crippen molar-refractivity contribution in [3.05, 3.63) is 56.8 Å². The smallest absolute Gasteiger partial charge is 0.209 e. The summed E-state index contributed by atoms with van der Waals surface area (Å²) in [7, 11) is 3.37. The molecule has 3 rings (SSSR count). The number of tetrazole rings is 1. The molecule has 7 nitrogen and oxygen atoms in total. The Labute approximate surface area is 191 Å². The molecule has 0 amide bonds. The van der Waals surface area contributed by atoms with E-state index < -0.39 is 5.82 Å². The van der Waals surface area contributed by atoms with Gasteiger partial charge in [-0.05, 0) is 40.3 Å². The summed E-state index contributed by atoms with van der Waals surface area (Å²) in [5.41, 5.74) is 1.31. The minimum absolute atomic E-state index is 0.0000306. The fourth-order valence-corrected chi connectivity index (χ4v) is 4.01. The Morgan fingerprint density at radius 1 is 1.30 bits per heavy atom. The maximum atomic E-state index is 14.0. The number of thioether (sulfide) groups is 1. The number of aryl methyl sites for hydroxylation is 1. The van der Waals surface area contributed by atoms with Gasteiger partial charge in [0.1, 0.15) is 12.4 Å². The topological polar surface area (TPSA) is 74.1 Å². The van der Waals surface area contributed by atoms with E-state index >= 15 is 0 Å². The molecule has 160 valence electrons. The normalized spacial score (nSPS) is 11.0. The molecule has 0 saturated carbocycles. The van der Waals surface area contributed by atoms with Gasteiger partial charge in [0.2, 0.25) is 5.16 Å². The molecule has 0 spiro atoms. The van der Waals surface area contributed by atoms with Gasteiger partial charge in [-0.2, -0.15) is 0 Å². The molecule has 0 atom stereocenters. The number of hydrogen-bond acceptors (Lipinski definition) is 7. The Morgan fingerprint density at radius 2 is 2.13 bits per heavy atom. The predicted molar refractivity (Wildman–Crippen MR) is 118 cm³/mol. The Balaban J connectivity index is 1.57. The van der Waals surface area contributed by atoms with Crippen molar-refractivity contribution in [1.82, 2.24) is 25.5 Å². The van der Waals surface area contributed by atoms with E-state index in [1.165, 1.54) is 6.07 Å². The molecule has 1 heterocycles. The van der Waals surface area contributed by atoms with Crippen LogP contribution in [0.2, 0.25) is 5.02 Å². The van der Waals surface area contributed by atoms with Gasteiger partial charge in [0.05, 0.1) is 12.1 Å². The molecule has 0 aliphatic carbocycles. The summed E-state index contributed by atoms with van der Waals surface area (Å²) < 4.78 is 27.7. The van der Waals surface area contributed by atoms with Gasteiger partial charge in [-0.3, -0.25) is 0 Å². The zero-order valence-electron chi connectivity index (χ0n) is 16.4. The second kappa shape index (κ2) is 10.9. The van der Waals surface area contributed by atoms with E-state index in [1.54, 1.807) is 35.7 Å². The highest BCUT2D eigenvalue weighted by molar-refractivity contribution is 9.10. The Hall–Kier alpha value is -1.88. The maximum Gasteiger partial charge on any atom is 0.209 e. The van der Waals surface area contributed by atoms with Gasteiger partial charge in [0.15, 0.2) is 11.5 Å². The lowest BCUT2D eigenvalue weighted by atomic mass is 10.2. The summed E-state index contributed by atoms with van der Waals surface area (Å²) >= 11 is 11.2. The number of nitrogens with one attached hydrogen (secondary N) is 1. The molecule has 1 aromatic heterocycles. The molecular formula is C19H20BrClFN5O2S. The average Bonchev–Trinajstić information content (AvgIpc) is 3.13. The van der Waals surface area contributed by atoms with Crippen LogP contribution in [0.15, 0.2) is 40.0 Å². The molecule has 0 bridgehead atoms. The van der Waals surface area contributed by atoms with Gasteiger partial charge >= 0.3 is 0 Å². The fourth-order valence-electron chi connectivity index (χ4n) is 2.59. The first-order valence-corrected chi connectivity index (χ1v) is 11.1. The van der Waals surface area contributed by atoms with Crippen molar-refractivity contribution in [3.63, 3.8) is 0 Å². The molecule has 0 radical (unpaired) electrons. The zero-order chi connectivity index (χ0) is 21.5. The SMILES string of the molecule is COc1cc(CNCCSc2nnnn2C)c(Br)cc1OCc1c(F)cccc1Cl. The molecule has 3 aromatic rings. The maximum absolute atomic E-state index is 14.0. The van der Waals surface area contributed by atoms with E-state index in [0.29, 0.717) is 28.6 Å². The third-order valence-electron chi connectivity index (χ3n) is 4.17. The summed E-state index contributed by atoms with van der Waals surface area (Å²) in [4.78, 5) is 0. The largest absolute Gasteiger partial charge is 0.493 e. The van der Waals surface area contributed by atoms with Gasteiger partial charge in [-0.25, -0.2) is 9.07 Å². The van der Waals surface area contributed by atoms with Crippen LogP contribution in [0.5, 0.6) is 11.5 Å². The summed E-state index contributed by atoms with van der Waals surface area (Å²) in [6.07, 6.45) is 0. The Bertz CT molecular complexity index is 987. The third kappa shape index (κ3) is 5.84. The van der Waals surface area contributed by atoms with E-state index in [0.717, 1.165) is 27.5 Å². The van der Waals surface area contributed by atoms with Crippen LogP contribution in [0.4, 0.5) is 4.39 Å². The second-order valence-corrected chi connectivity index (χ2v) is 8.52. The Morgan fingerprint density at radius 3 is 2.83 bits per heavy atom. The number of rotatable bonds is 10. The zero-order valence-corrected chi connectivity index (χ0v) is 19.5. The molecule has 0 saturated heterocycles. The van der Waals surface area contributed by atoms with Crippen LogP contribution in [-0.4, -0.2) is 39.6 Å². The third-order valence-corrected chi connectivity index (χ3v) is 6.28. The summed E-state index contributed by atoms with van der Waals surface area (Å²) in [6, 6.07) is 8.23. The summed E-state index contributed by atoms with van der Waals surface area (Å²) in [6.45, 7) is 1.41. The molecule has 30 heavy (non-hydrogen) atoms. The van der Waals surface area contributed by atoms with E-state index in [4.69, 9.17) is 21.1 Å². The standard InChI is InChI=1S/C19H20BrClFN5O2S/c1-27-19(24-25-26-27)30-7-6-23-10-12-8-17(28-2)18(9-14(12)20)29-11-13-15(21)4-3-5-16(13)22/h3-5,8-9,23H,6-7,10-11H2,1-2H3. The summed E-state index contributed by atoms with van der Waals surface area (Å²) in [5.74, 6) is 1.48. The monoisotopic (exact) mass is 515 g/mol. The van der Waals surface area contributed by atoms with Crippen LogP contribution in [0, 0.1) is 5.82 Å². The van der Waals surface area contributed by atoms with Crippen LogP contribution in [0.25, 0.3) is 0 Å². The molecule has 0 aliphatic rings. The van der Waals surface area contributed by atoms with Gasteiger partial charge in [0, 0.05) is 35.9 Å². The van der Waals surface area contributed by atoms with Crippen molar-refractivity contribution in [1.29, 1.82) is 0 Å². The second-order valence-electron chi connectivity index (χ2n) is 6.19. The van der Waals surface area contributed by atoms with E-state index in [-0.39, 0.29) is 6.61 Å². The lowest BCUT2D eigenvalue weighted by Crippen LogP contribution is -2.17. The number of ether oxygens (including phenoxy) is 2. The predicted octanol–water partition coefficient (Wildman–Crippen LogP) is 4.23.